The molecule has 0 spiro atoms. The van der Waals surface area contributed by atoms with E-state index < -0.39 is 0 Å². The average Bonchev–Trinajstić information content (AvgIpc) is 2.48. The third kappa shape index (κ3) is 3.10. The highest BCUT2D eigenvalue weighted by molar-refractivity contribution is 5.46. The zero-order valence-corrected chi connectivity index (χ0v) is 11.9. The van der Waals surface area contributed by atoms with Crippen molar-refractivity contribution in [3.63, 3.8) is 0 Å². The van der Waals surface area contributed by atoms with E-state index in [9.17, 15) is 0 Å². The summed E-state index contributed by atoms with van der Waals surface area (Å²) in [4.78, 5) is 5.19. The van der Waals surface area contributed by atoms with Gasteiger partial charge in [0.1, 0.15) is 0 Å². The SMILES string of the molecule is CC1CNCC(N2CCN(c3ccccc3)CC2)C1. The molecule has 0 aromatic heterocycles. The van der Waals surface area contributed by atoms with Crippen LogP contribution in [-0.4, -0.2) is 50.2 Å². The first-order chi connectivity index (χ1) is 9.33. The molecule has 2 heterocycles. The molecule has 2 unspecified atom stereocenters. The van der Waals surface area contributed by atoms with Gasteiger partial charge in [0.05, 0.1) is 0 Å². The van der Waals surface area contributed by atoms with Gasteiger partial charge in [-0.15, -0.1) is 0 Å². The molecule has 3 heteroatoms. The van der Waals surface area contributed by atoms with E-state index in [1.165, 1.54) is 38.3 Å². The fourth-order valence-electron chi connectivity index (χ4n) is 3.39. The number of piperidine rings is 1. The fraction of sp³-hybridized carbons (Fsp3) is 0.625. The Kier molecular flexibility index (Phi) is 4.04. The quantitative estimate of drug-likeness (QED) is 0.874. The van der Waals surface area contributed by atoms with Gasteiger partial charge in [-0.1, -0.05) is 25.1 Å². The lowest BCUT2D eigenvalue weighted by Crippen LogP contribution is -2.55. The number of hydrogen-bond acceptors (Lipinski definition) is 3. The Labute approximate surface area is 116 Å². The Morgan fingerprint density at radius 3 is 2.42 bits per heavy atom. The molecule has 19 heavy (non-hydrogen) atoms. The molecule has 104 valence electrons. The van der Waals surface area contributed by atoms with Crippen molar-refractivity contribution in [2.75, 3.05) is 44.2 Å². The molecule has 0 radical (unpaired) electrons. The number of nitrogens with one attached hydrogen (secondary N) is 1. The van der Waals surface area contributed by atoms with Crippen LogP contribution in [0, 0.1) is 5.92 Å². The summed E-state index contributed by atoms with van der Waals surface area (Å²) in [6.07, 6.45) is 1.36. The van der Waals surface area contributed by atoms with Crippen LogP contribution in [0.5, 0.6) is 0 Å². The molecule has 1 aromatic rings. The van der Waals surface area contributed by atoms with Gasteiger partial charge in [-0.25, -0.2) is 0 Å². The van der Waals surface area contributed by atoms with Gasteiger partial charge in [0.2, 0.25) is 0 Å². The third-order valence-electron chi connectivity index (χ3n) is 4.50. The summed E-state index contributed by atoms with van der Waals surface area (Å²) in [5.41, 5.74) is 1.37. The number of piperazine rings is 1. The van der Waals surface area contributed by atoms with Crippen molar-refractivity contribution < 1.29 is 0 Å². The lowest BCUT2D eigenvalue weighted by atomic mass is 9.96. The predicted octanol–water partition coefficient (Wildman–Crippen LogP) is 1.81. The molecular weight excluding hydrogens is 234 g/mol. The van der Waals surface area contributed by atoms with Crippen molar-refractivity contribution in [1.82, 2.24) is 10.2 Å². The Hall–Kier alpha value is -1.06. The molecule has 1 aromatic carbocycles. The van der Waals surface area contributed by atoms with E-state index in [0.29, 0.717) is 0 Å². The van der Waals surface area contributed by atoms with Gasteiger partial charge in [-0.05, 0) is 31.0 Å². The van der Waals surface area contributed by atoms with Crippen molar-refractivity contribution in [2.24, 2.45) is 5.92 Å². The molecule has 2 fully saturated rings. The molecule has 0 saturated carbocycles. The Bertz CT molecular complexity index is 384. The molecule has 3 nitrogen and oxygen atoms in total. The van der Waals surface area contributed by atoms with Gasteiger partial charge in [0.25, 0.3) is 0 Å². The summed E-state index contributed by atoms with van der Waals surface area (Å²) in [6, 6.07) is 11.6. The topological polar surface area (TPSA) is 18.5 Å². The Morgan fingerprint density at radius 2 is 1.74 bits per heavy atom. The number of para-hydroxylation sites is 1. The van der Waals surface area contributed by atoms with Gasteiger partial charge in [-0.2, -0.15) is 0 Å². The number of anilines is 1. The van der Waals surface area contributed by atoms with Crippen LogP contribution >= 0.6 is 0 Å². The standard InChI is InChI=1S/C16H25N3/c1-14-11-16(13-17-12-14)19-9-7-18(8-10-19)15-5-3-2-4-6-15/h2-6,14,16-17H,7-13H2,1H3. The van der Waals surface area contributed by atoms with Crippen LogP contribution in [0.25, 0.3) is 0 Å². The van der Waals surface area contributed by atoms with Crippen LogP contribution in [0.2, 0.25) is 0 Å². The number of rotatable bonds is 2. The first kappa shape index (κ1) is 12.9. The van der Waals surface area contributed by atoms with Crippen molar-refractivity contribution >= 4 is 5.69 Å². The van der Waals surface area contributed by atoms with Crippen LogP contribution in [0.3, 0.4) is 0 Å². The molecule has 1 N–H and O–H groups in total. The summed E-state index contributed by atoms with van der Waals surface area (Å²) < 4.78 is 0. The Balaban J connectivity index is 1.54. The summed E-state index contributed by atoms with van der Waals surface area (Å²) in [5, 5.41) is 3.57. The molecule has 2 saturated heterocycles. The minimum Gasteiger partial charge on any atom is -0.369 e. The molecule has 2 aliphatic heterocycles. The summed E-state index contributed by atoms with van der Waals surface area (Å²) in [7, 11) is 0. The van der Waals surface area contributed by atoms with Crippen LogP contribution in [0.1, 0.15) is 13.3 Å². The van der Waals surface area contributed by atoms with E-state index >= 15 is 0 Å². The van der Waals surface area contributed by atoms with E-state index in [0.717, 1.165) is 25.0 Å². The second-order valence-corrected chi connectivity index (χ2v) is 6.01. The summed E-state index contributed by atoms with van der Waals surface area (Å²) in [5.74, 6) is 0.825. The zero-order chi connectivity index (χ0) is 13.1. The highest BCUT2D eigenvalue weighted by Gasteiger charge is 2.27. The van der Waals surface area contributed by atoms with E-state index in [2.05, 4.69) is 52.4 Å². The van der Waals surface area contributed by atoms with Gasteiger partial charge < -0.3 is 10.2 Å². The zero-order valence-electron chi connectivity index (χ0n) is 11.9. The lowest BCUT2D eigenvalue weighted by molar-refractivity contribution is 0.138. The second-order valence-electron chi connectivity index (χ2n) is 6.01. The maximum atomic E-state index is 3.57. The van der Waals surface area contributed by atoms with Gasteiger partial charge in [0, 0.05) is 44.5 Å². The van der Waals surface area contributed by atoms with E-state index in [4.69, 9.17) is 0 Å². The van der Waals surface area contributed by atoms with Crippen molar-refractivity contribution in [3.05, 3.63) is 30.3 Å². The maximum Gasteiger partial charge on any atom is 0.0367 e. The van der Waals surface area contributed by atoms with Crippen LogP contribution in [0.15, 0.2) is 30.3 Å². The van der Waals surface area contributed by atoms with E-state index in [-0.39, 0.29) is 0 Å². The van der Waals surface area contributed by atoms with Crippen molar-refractivity contribution in [3.8, 4) is 0 Å². The molecule has 3 rings (SSSR count). The van der Waals surface area contributed by atoms with E-state index in [1.54, 1.807) is 0 Å². The lowest BCUT2D eigenvalue weighted by Gasteiger charge is -2.42. The minimum absolute atomic E-state index is 0.752. The average molecular weight is 259 g/mol. The van der Waals surface area contributed by atoms with Crippen LogP contribution in [-0.2, 0) is 0 Å². The van der Waals surface area contributed by atoms with E-state index in [1.807, 2.05) is 0 Å². The van der Waals surface area contributed by atoms with Crippen molar-refractivity contribution in [2.45, 2.75) is 19.4 Å². The summed E-state index contributed by atoms with van der Waals surface area (Å²) >= 11 is 0. The highest BCUT2D eigenvalue weighted by Crippen LogP contribution is 2.20. The monoisotopic (exact) mass is 259 g/mol. The summed E-state index contributed by atoms with van der Waals surface area (Å²) in [6.45, 7) is 9.46. The highest BCUT2D eigenvalue weighted by atomic mass is 15.3. The Morgan fingerprint density at radius 1 is 1.00 bits per heavy atom. The fourth-order valence-corrected chi connectivity index (χ4v) is 3.39. The number of hydrogen-bond donors (Lipinski definition) is 1. The normalized spacial score (nSPS) is 29.4. The first-order valence-corrected chi connectivity index (χ1v) is 7.57. The smallest absolute Gasteiger partial charge is 0.0367 e. The van der Waals surface area contributed by atoms with Gasteiger partial charge in [0.15, 0.2) is 0 Å². The molecule has 2 aliphatic rings. The molecular formula is C16H25N3. The number of benzene rings is 1. The second kappa shape index (κ2) is 5.93. The minimum atomic E-state index is 0.752. The molecule has 0 bridgehead atoms. The van der Waals surface area contributed by atoms with Crippen LogP contribution < -0.4 is 10.2 Å². The predicted molar refractivity (Wildman–Crippen MR) is 80.7 cm³/mol. The maximum absolute atomic E-state index is 3.57. The molecule has 0 amide bonds. The van der Waals surface area contributed by atoms with Crippen molar-refractivity contribution in [1.29, 1.82) is 0 Å². The van der Waals surface area contributed by atoms with Gasteiger partial charge in [-0.3, -0.25) is 4.90 Å². The number of nitrogens with zero attached hydrogens (tertiary/aromatic N) is 2. The largest absolute Gasteiger partial charge is 0.369 e. The van der Waals surface area contributed by atoms with Crippen LogP contribution in [0.4, 0.5) is 5.69 Å². The van der Waals surface area contributed by atoms with Gasteiger partial charge >= 0.3 is 0 Å². The first-order valence-electron chi connectivity index (χ1n) is 7.57. The third-order valence-corrected chi connectivity index (χ3v) is 4.50. The molecule has 0 aliphatic carbocycles. The molecule has 2 atom stereocenters.